The van der Waals surface area contributed by atoms with Gasteiger partial charge >= 0.3 is 0 Å². The maximum absolute atomic E-state index is 4.56. The number of fused-ring (bicyclic) bond motifs is 1. The van der Waals surface area contributed by atoms with Crippen LogP contribution in [0.5, 0.6) is 0 Å². The van der Waals surface area contributed by atoms with Gasteiger partial charge in [0, 0.05) is 18.7 Å². The summed E-state index contributed by atoms with van der Waals surface area (Å²) in [7, 11) is 0. The molecule has 0 saturated carbocycles. The molecular formula is C14H20N4. The maximum atomic E-state index is 4.56. The summed E-state index contributed by atoms with van der Waals surface area (Å²) in [5.74, 6) is 1.07. The van der Waals surface area contributed by atoms with Gasteiger partial charge in [0.2, 0.25) is 0 Å². The van der Waals surface area contributed by atoms with Crippen LogP contribution in [-0.2, 0) is 6.42 Å². The molecule has 0 aromatic carbocycles. The van der Waals surface area contributed by atoms with Crippen molar-refractivity contribution in [2.45, 2.75) is 45.1 Å². The second-order valence-corrected chi connectivity index (χ2v) is 5.20. The highest BCUT2D eigenvalue weighted by Crippen LogP contribution is 2.16. The highest BCUT2D eigenvalue weighted by molar-refractivity contribution is 5.74. The Kier molecular flexibility index (Phi) is 3.28. The molecule has 4 heteroatoms. The average Bonchev–Trinajstić information content (AvgIpc) is 2.82. The monoisotopic (exact) mass is 244 g/mol. The van der Waals surface area contributed by atoms with Crippen molar-refractivity contribution in [2.24, 2.45) is 0 Å². The Hall–Kier alpha value is -1.42. The minimum atomic E-state index is 0.668. The van der Waals surface area contributed by atoms with E-state index in [1.165, 1.54) is 37.8 Å². The molecule has 3 heterocycles. The van der Waals surface area contributed by atoms with Gasteiger partial charge in [0.1, 0.15) is 5.82 Å². The third kappa shape index (κ3) is 2.38. The molecule has 0 radical (unpaired) electrons. The van der Waals surface area contributed by atoms with Crippen molar-refractivity contribution >= 4 is 11.2 Å². The first-order valence-electron chi connectivity index (χ1n) is 6.86. The van der Waals surface area contributed by atoms with Crippen LogP contribution in [0, 0.1) is 6.92 Å². The molecule has 3 rings (SSSR count). The summed E-state index contributed by atoms with van der Waals surface area (Å²) >= 11 is 0. The van der Waals surface area contributed by atoms with Crippen molar-refractivity contribution in [1.29, 1.82) is 0 Å². The van der Waals surface area contributed by atoms with Gasteiger partial charge in [-0.3, -0.25) is 0 Å². The predicted octanol–water partition coefficient (Wildman–Crippen LogP) is 2.34. The molecule has 0 aliphatic carbocycles. The summed E-state index contributed by atoms with van der Waals surface area (Å²) in [4.78, 5) is 12.3. The van der Waals surface area contributed by atoms with E-state index in [0.717, 1.165) is 23.4 Å². The first-order valence-corrected chi connectivity index (χ1v) is 6.86. The normalized spacial score (nSPS) is 20.4. The number of hydrogen-bond acceptors (Lipinski definition) is 3. The number of nitrogens with one attached hydrogen (secondary N) is 2. The summed E-state index contributed by atoms with van der Waals surface area (Å²) in [6.07, 6.45) is 7.98. The van der Waals surface area contributed by atoms with Gasteiger partial charge in [-0.1, -0.05) is 6.42 Å². The molecule has 2 aromatic rings. The van der Waals surface area contributed by atoms with Gasteiger partial charge in [-0.25, -0.2) is 9.97 Å². The van der Waals surface area contributed by atoms with Gasteiger partial charge in [-0.15, -0.1) is 0 Å². The van der Waals surface area contributed by atoms with E-state index in [9.17, 15) is 0 Å². The van der Waals surface area contributed by atoms with Gasteiger partial charge in [0.25, 0.3) is 0 Å². The van der Waals surface area contributed by atoms with Crippen molar-refractivity contribution in [3.05, 3.63) is 23.7 Å². The highest BCUT2D eigenvalue weighted by atomic mass is 15.0. The summed E-state index contributed by atoms with van der Waals surface area (Å²) in [5.41, 5.74) is 3.15. The number of nitrogens with zero attached hydrogens (tertiary/aromatic N) is 2. The molecule has 1 unspecified atom stereocenters. The molecular weight excluding hydrogens is 224 g/mol. The van der Waals surface area contributed by atoms with Crippen LogP contribution in [0.1, 0.15) is 37.1 Å². The number of pyridine rings is 1. The molecule has 1 aliphatic heterocycles. The molecule has 18 heavy (non-hydrogen) atoms. The van der Waals surface area contributed by atoms with Gasteiger partial charge in [0.05, 0.1) is 5.52 Å². The van der Waals surface area contributed by atoms with Crippen LogP contribution in [0.2, 0.25) is 0 Å². The van der Waals surface area contributed by atoms with E-state index < -0.39 is 0 Å². The van der Waals surface area contributed by atoms with Crippen LogP contribution in [0.4, 0.5) is 0 Å². The van der Waals surface area contributed by atoms with Gasteiger partial charge in [-0.2, -0.15) is 0 Å². The summed E-state index contributed by atoms with van der Waals surface area (Å²) in [6, 6.07) is 2.69. The zero-order valence-electron chi connectivity index (χ0n) is 10.9. The first kappa shape index (κ1) is 11.7. The Morgan fingerprint density at radius 2 is 2.33 bits per heavy atom. The summed E-state index contributed by atoms with van der Waals surface area (Å²) < 4.78 is 0. The number of aromatic nitrogens is 3. The standard InChI is InChI=1S/C14H20N4/c1-10-7-9-16-14-13(10)17-12(18-14)6-5-11-4-2-3-8-15-11/h7,9,11,15H,2-6,8H2,1H3,(H,16,17,18). The predicted molar refractivity (Wildman–Crippen MR) is 72.6 cm³/mol. The Labute approximate surface area is 107 Å². The lowest BCUT2D eigenvalue weighted by atomic mass is 10.0. The number of aromatic amines is 1. The summed E-state index contributed by atoms with van der Waals surface area (Å²) in [5, 5.41) is 3.58. The minimum Gasteiger partial charge on any atom is -0.340 e. The molecule has 0 bridgehead atoms. The van der Waals surface area contributed by atoms with Crippen molar-refractivity contribution in [1.82, 2.24) is 20.3 Å². The van der Waals surface area contributed by atoms with Crippen LogP contribution < -0.4 is 5.32 Å². The smallest absolute Gasteiger partial charge is 0.177 e. The summed E-state index contributed by atoms with van der Waals surface area (Å²) in [6.45, 7) is 3.26. The fourth-order valence-electron chi connectivity index (χ4n) is 2.68. The minimum absolute atomic E-state index is 0.668. The Balaban J connectivity index is 1.69. The van der Waals surface area contributed by atoms with E-state index in [-0.39, 0.29) is 0 Å². The fourth-order valence-corrected chi connectivity index (χ4v) is 2.68. The number of imidazole rings is 1. The second kappa shape index (κ2) is 5.06. The number of hydrogen-bond donors (Lipinski definition) is 2. The lowest BCUT2D eigenvalue weighted by molar-refractivity contribution is 0.381. The van der Waals surface area contributed by atoms with E-state index in [1.807, 2.05) is 12.3 Å². The molecule has 0 amide bonds. The molecule has 1 atom stereocenters. The molecule has 2 aromatic heterocycles. The third-order valence-electron chi connectivity index (χ3n) is 3.79. The zero-order chi connectivity index (χ0) is 12.4. The number of aryl methyl sites for hydroxylation is 2. The van der Waals surface area contributed by atoms with E-state index in [4.69, 9.17) is 0 Å². The largest absolute Gasteiger partial charge is 0.340 e. The van der Waals surface area contributed by atoms with Crippen molar-refractivity contribution in [2.75, 3.05) is 6.54 Å². The molecule has 2 N–H and O–H groups in total. The highest BCUT2D eigenvalue weighted by Gasteiger charge is 2.13. The molecule has 1 saturated heterocycles. The molecule has 1 fully saturated rings. The van der Waals surface area contributed by atoms with Crippen molar-refractivity contribution in [3.63, 3.8) is 0 Å². The topological polar surface area (TPSA) is 53.6 Å². The lowest BCUT2D eigenvalue weighted by Gasteiger charge is -2.22. The van der Waals surface area contributed by atoms with Crippen molar-refractivity contribution < 1.29 is 0 Å². The van der Waals surface area contributed by atoms with E-state index >= 15 is 0 Å². The number of piperidine rings is 1. The Morgan fingerprint density at radius 3 is 3.11 bits per heavy atom. The van der Waals surface area contributed by atoms with Gasteiger partial charge < -0.3 is 10.3 Å². The molecule has 0 spiro atoms. The Morgan fingerprint density at radius 1 is 1.39 bits per heavy atom. The van der Waals surface area contributed by atoms with Crippen LogP contribution >= 0.6 is 0 Å². The second-order valence-electron chi connectivity index (χ2n) is 5.20. The fraction of sp³-hybridized carbons (Fsp3) is 0.571. The van der Waals surface area contributed by atoms with E-state index in [0.29, 0.717) is 6.04 Å². The lowest BCUT2D eigenvalue weighted by Crippen LogP contribution is -2.34. The zero-order valence-corrected chi connectivity index (χ0v) is 10.9. The van der Waals surface area contributed by atoms with Crippen LogP contribution in [0.15, 0.2) is 12.3 Å². The van der Waals surface area contributed by atoms with Crippen LogP contribution in [0.25, 0.3) is 11.2 Å². The van der Waals surface area contributed by atoms with Crippen LogP contribution in [-0.4, -0.2) is 27.5 Å². The van der Waals surface area contributed by atoms with Crippen LogP contribution in [0.3, 0.4) is 0 Å². The molecule has 1 aliphatic rings. The SMILES string of the molecule is Cc1ccnc2nc(CCC3CCCCN3)[nH]c12. The molecule has 4 nitrogen and oxygen atoms in total. The molecule has 96 valence electrons. The van der Waals surface area contributed by atoms with E-state index in [1.54, 1.807) is 0 Å². The van der Waals surface area contributed by atoms with Gasteiger partial charge in [-0.05, 0) is 44.4 Å². The maximum Gasteiger partial charge on any atom is 0.177 e. The number of rotatable bonds is 3. The first-order chi connectivity index (χ1) is 8.83. The Bertz CT molecular complexity index is 526. The van der Waals surface area contributed by atoms with Crippen molar-refractivity contribution in [3.8, 4) is 0 Å². The number of H-pyrrole nitrogens is 1. The average molecular weight is 244 g/mol. The van der Waals surface area contributed by atoms with Gasteiger partial charge in [0.15, 0.2) is 5.65 Å². The third-order valence-corrected chi connectivity index (χ3v) is 3.79. The quantitative estimate of drug-likeness (QED) is 0.871. The van der Waals surface area contributed by atoms with E-state index in [2.05, 4.69) is 27.2 Å².